The SMILES string of the molecule is O=C(NC(=Cc1ccc(-c2ccc(Cl)cc2Cl)o1)C(=O)N1CCCC1)c1ccccc1. The molecule has 1 aliphatic rings. The summed E-state index contributed by atoms with van der Waals surface area (Å²) in [6, 6.07) is 17.4. The van der Waals surface area contributed by atoms with E-state index in [1.54, 1.807) is 65.6 Å². The first-order valence-corrected chi connectivity index (χ1v) is 10.7. The van der Waals surface area contributed by atoms with E-state index < -0.39 is 0 Å². The highest BCUT2D eigenvalue weighted by Crippen LogP contribution is 2.32. The molecule has 0 radical (unpaired) electrons. The molecular formula is C24H20Cl2N2O3. The fraction of sp³-hybridized carbons (Fsp3) is 0.167. The van der Waals surface area contributed by atoms with E-state index in [4.69, 9.17) is 27.6 Å². The van der Waals surface area contributed by atoms with Crippen LogP contribution in [0, 0.1) is 0 Å². The number of carbonyl (C=O) groups is 2. The summed E-state index contributed by atoms with van der Waals surface area (Å²) in [7, 11) is 0. The lowest BCUT2D eigenvalue weighted by Gasteiger charge is -2.18. The average Bonchev–Trinajstić information content (AvgIpc) is 3.46. The van der Waals surface area contributed by atoms with E-state index >= 15 is 0 Å². The Hall–Kier alpha value is -3.02. The van der Waals surface area contributed by atoms with Crippen LogP contribution in [-0.4, -0.2) is 29.8 Å². The van der Waals surface area contributed by atoms with Gasteiger partial charge in [-0.15, -0.1) is 0 Å². The molecule has 1 saturated heterocycles. The summed E-state index contributed by atoms with van der Waals surface area (Å²) < 4.78 is 5.90. The van der Waals surface area contributed by atoms with E-state index in [1.807, 2.05) is 6.07 Å². The Morgan fingerprint density at radius 1 is 0.968 bits per heavy atom. The molecule has 2 heterocycles. The molecule has 0 unspecified atom stereocenters. The van der Waals surface area contributed by atoms with Gasteiger partial charge in [-0.3, -0.25) is 9.59 Å². The molecule has 0 atom stereocenters. The van der Waals surface area contributed by atoms with Crippen LogP contribution in [0.15, 0.2) is 70.8 Å². The quantitative estimate of drug-likeness (QED) is 0.506. The number of hydrogen-bond acceptors (Lipinski definition) is 3. The second kappa shape index (κ2) is 9.41. The van der Waals surface area contributed by atoms with Crippen molar-refractivity contribution in [3.05, 3.63) is 87.7 Å². The molecule has 0 bridgehead atoms. The lowest BCUT2D eigenvalue weighted by atomic mass is 10.2. The fourth-order valence-corrected chi connectivity index (χ4v) is 3.93. The van der Waals surface area contributed by atoms with Gasteiger partial charge in [0, 0.05) is 35.3 Å². The van der Waals surface area contributed by atoms with Crippen molar-refractivity contribution in [2.75, 3.05) is 13.1 Å². The maximum absolute atomic E-state index is 13.1. The largest absolute Gasteiger partial charge is 0.457 e. The van der Waals surface area contributed by atoms with Crippen LogP contribution >= 0.6 is 23.2 Å². The number of furan rings is 1. The summed E-state index contributed by atoms with van der Waals surface area (Å²) in [5.74, 6) is 0.378. The molecule has 1 fully saturated rings. The first-order chi connectivity index (χ1) is 15.0. The minimum atomic E-state index is -0.355. The fourth-order valence-electron chi connectivity index (χ4n) is 3.43. The number of amides is 2. The highest BCUT2D eigenvalue weighted by atomic mass is 35.5. The van der Waals surface area contributed by atoms with Gasteiger partial charge in [0.25, 0.3) is 11.8 Å². The van der Waals surface area contributed by atoms with Gasteiger partial charge in [-0.25, -0.2) is 0 Å². The summed E-state index contributed by atoms with van der Waals surface area (Å²) in [6.07, 6.45) is 3.45. The Bertz CT molecular complexity index is 1130. The lowest BCUT2D eigenvalue weighted by molar-refractivity contribution is -0.126. The predicted molar refractivity (Wildman–Crippen MR) is 122 cm³/mol. The smallest absolute Gasteiger partial charge is 0.270 e. The van der Waals surface area contributed by atoms with Gasteiger partial charge < -0.3 is 14.6 Å². The maximum atomic E-state index is 13.1. The van der Waals surface area contributed by atoms with Gasteiger partial charge in [0.05, 0.1) is 5.02 Å². The molecule has 5 nitrogen and oxygen atoms in total. The van der Waals surface area contributed by atoms with Crippen LogP contribution in [0.3, 0.4) is 0 Å². The van der Waals surface area contributed by atoms with Gasteiger partial charge in [-0.1, -0.05) is 41.4 Å². The second-order valence-corrected chi connectivity index (χ2v) is 8.05. The van der Waals surface area contributed by atoms with Crippen LogP contribution in [0.4, 0.5) is 0 Å². The number of nitrogens with zero attached hydrogens (tertiary/aromatic N) is 1. The molecule has 2 aromatic carbocycles. The molecule has 1 aliphatic heterocycles. The molecule has 0 saturated carbocycles. The molecule has 1 N–H and O–H groups in total. The van der Waals surface area contributed by atoms with E-state index in [9.17, 15) is 9.59 Å². The third kappa shape index (κ3) is 5.01. The van der Waals surface area contributed by atoms with Crippen molar-refractivity contribution >= 4 is 41.1 Å². The van der Waals surface area contributed by atoms with E-state index in [2.05, 4.69) is 5.32 Å². The molecule has 1 aromatic heterocycles. The first kappa shape index (κ1) is 21.2. The van der Waals surface area contributed by atoms with Gasteiger partial charge in [-0.05, 0) is 55.3 Å². The standard InChI is InChI=1S/C24H20Cl2N2O3/c25-17-8-10-19(20(26)14-17)22-11-9-18(31-22)15-21(24(30)28-12-4-5-13-28)27-23(29)16-6-2-1-3-7-16/h1-3,6-11,14-15H,4-5,12-13H2,(H,27,29). The topological polar surface area (TPSA) is 62.6 Å². The summed E-state index contributed by atoms with van der Waals surface area (Å²) in [5.41, 5.74) is 1.32. The number of rotatable bonds is 5. The van der Waals surface area contributed by atoms with Crippen molar-refractivity contribution in [2.45, 2.75) is 12.8 Å². The zero-order valence-corrected chi connectivity index (χ0v) is 18.1. The van der Waals surface area contributed by atoms with Crippen LogP contribution in [0.5, 0.6) is 0 Å². The highest BCUT2D eigenvalue weighted by Gasteiger charge is 2.24. The molecule has 0 spiro atoms. The van der Waals surface area contributed by atoms with Gasteiger partial charge in [-0.2, -0.15) is 0 Å². The van der Waals surface area contributed by atoms with Crippen LogP contribution in [-0.2, 0) is 4.79 Å². The highest BCUT2D eigenvalue weighted by molar-refractivity contribution is 6.36. The van der Waals surface area contributed by atoms with E-state index in [0.29, 0.717) is 45.8 Å². The third-order valence-electron chi connectivity index (χ3n) is 5.02. The van der Waals surface area contributed by atoms with Gasteiger partial charge in [0.15, 0.2) is 0 Å². The van der Waals surface area contributed by atoms with Crippen molar-refractivity contribution in [3.63, 3.8) is 0 Å². The van der Waals surface area contributed by atoms with E-state index in [1.165, 1.54) is 0 Å². The summed E-state index contributed by atoms with van der Waals surface area (Å²) >= 11 is 12.2. The Kier molecular flexibility index (Phi) is 6.44. The molecule has 3 aromatic rings. The van der Waals surface area contributed by atoms with E-state index in [-0.39, 0.29) is 17.5 Å². The van der Waals surface area contributed by atoms with Gasteiger partial charge >= 0.3 is 0 Å². The van der Waals surface area contributed by atoms with Crippen molar-refractivity contribution in [3.8, 4) is 11.3 Å². The maximum Gasteiger partial charge on any atom is 0.270 e. The summed E-state index contributed by atoms with van der Waals surface area (Å²) in [6.45, 7) is 1.34. The van der Waals surface area contributed by atoms with Crippen LogP contribution in [0.2, 0.25) is 10.0 Å². The molecule has 4 rings (SSSR count). The summed E-state index contributed by atoms with van der Waals surface area (Å²) in [4.78, 5) is 27.5. The number of carbonyl (C=O) groups excluding carboxylic acids is 2. The van der Waals surface area contributed by atoms with E-state index in [0.717, 1.165) is 12.8 Å². The zero-order chi connectivity index (χ0) is 21.8. The Balaban J connectivity index is 1.63. The van der Waals surface area contributed by atoms with Gasteiger partial charge in [0.1, 0.15) is 17.2 Å². The molecule has 2 amide bonds. The monoisotopic (exact) mass is 454 g/mol. The number of nitrogens with one attached hydrogen (secondary N) is 1. The minimum absolute atomic E-state index is 0.166. The number of hydrogen-bond donors (Lipinski definition) is 1. The lowest BCUT2D eigenvalue weighted by Crippen LogP contribution is -2.36. The van der Waals surface area contributed by atoms with Crippen molar-refractivity contribution in [1.82, 2.24) is 10.2 Å². The number of benzene rings is 2. The molecule has 7 heteroatoms. The van der Waals surface area contributed by atoms with Crippen molar-refractivity contribution in [1.29, 1.82) is 0 Å². The minimum Gasteiger partial charge on any atom is -0.457 e. The normalized spacial score (nSPS) is 14.0. The van der Waals surface area contributed by atoms with Crippen molar-refractivity contribution < 1.29 is 14.0 Å². The van der Waals surface area contributed by atoms with Crippen molar-refractivity contribution in [2.24, 2.45) is 0 Å². The van der Waals surface area contributed by atoms with Crippen LogP contribution < -0.4 is 5.32 Å². The number of halogens is 2. The Morgan fingerprint density at radius 2 is 1.71 bits per heavy atom. The van der Waals surface area contributed by atoms with Crippen LogP contribution in [0.25, 0.3) is 17.4 Å². The molecule has 158 valence electrons. The average molecular weight is 455 g/mol. The summed E-state index contributed by atoms with van der Waals surface area (Å²) in [5, 5.41) is 3.75. The molecule has 0 aliphatic carbocycles. The van der Waals surface area contributed by atoms with Gasteiger partial charge in [0.2, 0.25) is 0 Å². The second-order valence-electron chi connectivity index (χ2n) is 7.20. The third-order valence-corrected chi connectivity index (χ3v) is 5.57. The Labute approximate surface area is 190 Å². The first-order valence-electron chi connectivity index (χ1n) is 9.94. The Morgan fingerprint density at radius 3 is 2.42 bits per heavy atom. The zero-order valence-electron chi connectivity index (χ0n) is 16.6. The molecular weight excluding hydrogens is 435 g/mol. The number of likely N-dealkylation sites (tertiary alicyclic amines) is 1. The predicted octanol–water partition coefficient (Wildman–Crippen LogP) is 5.65. The van der Waals surface area contributed by atoms with Crippen LogP contribution in [0.1, 0.15) is 29.0 Å². The molecule has 31 heavy (non-hydrogen) atoms.